The first-order valence-electron chi connectivity index (χ1n) is 8.06. The standard InChI is InChI=1S/C18H20BrN3O2/c1-12-16(5-3-10-20-12)22-17(23)15-4-2-11-21-18(15)24-14-8-6-13(19)7-9-14/h2,4,6-9,11-12,16,20H,3,5,10H2,1H3,(H,22,23). The Labute approximate surface area is 149 Å². The summed E-state index contributed by atoms with van der Waals surface area (Å²) in [4.78, 5) is 16.9. The zero-order valence-electron chi connectivity index (χ0n) is 13.5. The second-order valence-electron chi connectivity index (χ2n) is 5.88. The van der Waals surface area contributed by atoms with Gasteiger partial charge >= 0.3 is 0 Å². The Kier molecular flexibility index (Phi) is 5.48. The topological polar surface area (TPSA) is 63.2 Å². The van der Waals surface area contributed by atoms with Crippen LogP contribution in [0.2, 0.25) is 0 Å². The minimum absolute atomic E-state index is 0.118. The molecule has 0 spiro atoms. The highest BCUT2D eigenvalue weighted by Gasteiger charge is 2.24. The van der Waals surface area contributed by atoms with Crippen molar-refractivity contribution < 1.29 is 9.53 Å². The number of nitrogens with zero attached hydrogens (tertiary/aromatic N) is 1. The Morgan fingerprint density at radius 3 is 2.88 bits per heavy atom. The lowest BCUT2D eigenvalue weighted by Crippen LogP contribution is -2.51. The number of halogens is 1. The Morgan fingerprint density at radius 1 is 1.33 bits per heavy atom. The van der Waals surface area contributed by atoms with Gasteiger partial charge in [0.15, 0.2) is 0 Å². The van der Waals surface area contributed by atoms with Crippen LogP contribution in [0.3, 0.4) is 0 Å². The Bertz CT molecular complexity index is 706. The molecule has 0 saturated carbocycles. The van der Waals surface area contributed by atoms with Crippen LogP contribution < -0.4 is 15.4 Å². The fourth-order valence-corrected chi connectivity index (χ4v) is 3.01. The summed E-state index contributed by atoms with van der Waals surface area (Å²) in [5, 5.41) is 6.47. The SMILES string of the molecule is CC1NCCCC1NC(=O)c1cccnc1Oc1ccc(Br)cc1. The number of hydrogen-bond donors (Lipinski definition) is 2. The lowest BCUT2D eigenvalue weighted by Gasteiger charge is -2.30. The van der Waals surface area contributed by atoms with E-state index in [2.05, 4.69) is 38.5 Å². The summed E-state index contributed by atoms with van der Waals surface area (Å²) in [6.45, 7) is 3.09. The van der Waals surface area contributed by atoms with Gasteiger partial charge in [-0.25, -0.2) is 4.98 Å². The lowest BCUT2D eigenvalue weighted by atomic mass is 9.99. The maximum atomic E-state index is 12.7. The second kappa shape index (κ2) is 7.77. The van der Waals surface area contributed by atoms with Crippen LogP contribution in [0.5, 0.6) is 11.6 Å². The Hall–Kier alpha value is -1.92. The first kappa shape index (κ1) is 16.9. The van der Waals surface area contributed by atoms with Crippen molar-refractivity contribution in [3.63, 3.8) is 0 Å². The molecule has 2 heterocycles. The molecule has 6 heteroatoms. The third-order valence-electron chi connectivity index (χ3n) is 4.12. The molecule has 2 atom stereocenters. The number of carbonyl (C=O) groups is 1. The molecule has 1 aromatic carbocycles. The van der Waals surface area contributed by atoms with E-state index in [1.807, 2.05) is 24.3 Å². The van der Waals surface area contributed by atoms with Crippen molar-refractivity contribution in [1.82, 2.24) is 15.6 Å². The molecule has 5 nitrogen and oxygen atoms in total. The van der Waals surface area contributed by atoms with Crippen molar-refractivity contribution in [2.45, 2.75) is 31.8 Å². The van der Waals surface area contributed by atoms with Gasteiger partial charge in [-0.1, -0.05) is 15.9 Å². The molecule has 0 radical (unpaired) electrons. The monoisotopic (exact) mass is 389 g/mol. The summed E-state index contributed by atoms with van der Waals surface area (Å²) in [5.74, 6) is 0.795. The predicted octanol–water partition coefficient (Wildman–Crippen LogP) is 3.51. The van der Waals surface area contributed by atoms with Crippen LogP contribution in [-0.2, 0) is 0 Å². The summed E-state index contributed by atoms with van der Waals surface area (Å²) in [6, 6.07) is 11.3. The fourth-order valence-electron chi connectivity index (χ4n) is 2.75. The van der Waals surface area contributed by atoms with Crippen molar-refractivity contribution in [2.24, 2.45) is 0 Å². The third-order valence-corrected chi connectivity index (χ3v) is 4.65. The number of pyridine rings is 1. The molecule has 0 aliphatic carbocycles. The fraction of sp³-hybridized carbons (Fsp3) is 0.333. The number of aromatic nitrogens is 1. The van der Waals surface area contributed by atoms with Crippen molar-refractivity contribution in [2.75, 3.05) is 6.54 Å². The van der Waals surface area contributed by atoms with Crippen molar-refractivity contribution in [3.8, 4) is 11.6 Å². The summed E-state index contributed by atoms with van der Waals surface area (Å²) >= 11 is 3.39. The summed E-state index contributed by atoms with van der Waals surface area (Å²) in [5.41, 5.74) is 0.443. The summed E-state index contributed by atoms with van der Waals surface area (Å²) in [6.07, 6.45) is 3.66. The summed E-state index contributed by atoms with van der Waals surface area (Å²) in [7, 11) is 0. The average Bonchev–Trinajstić information content (AvgIpc) is 2.59. The third kappa shape index (κ3) is 4.13. The largest absolute Gasteiger partial charge is 0.438 e. The minimum Gasteiger partial charge on any atom is -0.438 e. The molecule has 126 valence electrons. The van der Waals surface area contributed by atoms with Gasteiger partial charge in [0.2, 0.25) is 5.88 Å². The van der Waals surface area contributed by atoms with Crippen LogP contribution in [0, 0.1) is 0 Å². The zero-order valence-corrected chi connectivity index (χ0v) is 15.0. The van der Waals surface area contributed by atoms with Crippen LogP contribution in [-0.4, -0.2) is 29.5 Å². The molecular formula is C18H20BrN3O2. The molecule has 1 fully saturated rings. The quantitative estimate of drug-likeness (QED) is 0.839. The zero-order chi connectivity index (χ0) is 16.9. The van der Waals surface area contributed by atoms with E-state index in [1.165, 1.54) is 0 Å². The number of benzene rings is 1. The van der Waals surface area contributed by atoms with E-state index in [-0.39, 0.29) is 18.0 Å². The molecule has 1 aliphatic rings. The molecule has 3 rings (SSSR count). The molecule has 0 bridgehead atoms. The van der Waals surface area contributed by atoms with E-state index in [1.54, 1.807) is 18.3 Å². The van der Waals surface area contributed by atoms with Crippen LogP contribution in [0.15, 0.2) is 47.1 Å². The highest BCUT2D eigenvalue weighted by Crippen LogP contribution is 2.24. The van der Waals surface area contributed by atoms with E-state index >= 15 is 0 Å². The maximum Gasteiger partial charge on any atom is 0.257 e. The molecule has 1 aliphatic heterocycles. The number of amides is 1. The second-order valence-corrected chi connectivity index (χ2v) is 6.79. The van der Waals surface area contributed by atoms with E-state index in [9.17, 15) is 4.79 Å². The van der Waals surface area contributed by atoms with Crippen LogP contribution in [0.25, 0.3) is 0 Å². The predicted molar refractivity (Wildman–Crippen MR) is 96.4 cm³/mol. The van der Waals surface area contributed by atoms with Crippen molar-refractivity contribution >= 4 is 21.8 Å². The van der Waals surface area contributed by atoms with Gasteiger partial charge in [-0.05, 0) is 62.7 Å². The minimum atomic E-state index is -0.157. The van der Waals surface area contributed by atoms with Gasteiger partial charge in [0.1, 0.15) is 11.3 Å². The van der Waals surface area contributed by atoms with Gasteiger partial charge in [-0.3, -0.25) is 4.79 Å². The first-order valence-corrected chi connectivity index (χ1v) is 8.85. The number of hydrogen-bond acceptors (Lipinski definition) is 4. The smallest absolute Gasteiger partial charge is 0.257 e. The normalized spacial score (nSPS) is 20.4. The van der Waals surface area contributed by atoms with E-state index in [0.717, 1.165) is 23.9 Å². The highest BCUT2D eigenvalue weighted by molar-refractivity contribution is 9.10. The number of nitrogens with one attached hydrogen (secondary N) is 2. The van der Waals surface area contributed by atoms with Gasteiger partial charge < -0.3 is 15.4 Å². The Morgan fingerprint density at radius 2 is 2.12 bits per heavy atom. The molecule has 1 aromatic heterocycles. The number of piperidine rings is 1. The molecular weight excluding hydrogens is 370 g/mol. The van der Waals surface area contributed by atoms with Crippen LogP contribution >= 0.6 is 15.9 Å². The molecule has 2 unspecified atom stereocenters. The number of carbonyl (C=O) groups excluding carboxylic acids is 1. The van der Waals surface area contributed by atoms with E-state index < -0.39 is 0 Å². The molecule has 24 heavy (non-hydrogen) atoms. The Balaban J connectivity index is 1.75. The maximum absolute atomic E-state index is 12.7. The van der Waals surface area contributed by atoms with Gasteiger partial charge in [-0.2, -0.15) is 0 Å². The van der Waals surface area contributed by atoms with Gasteiger partial charge in [0.05, 0.1) is 0 Å². The average molecular weight is 390 g/mol. The number of ether oxygens (including phenoxy) is 1. The molecule has 1 saturated heterocycles. The van der Waals surface area contributed by atoms with Gasteiger partial charge in [0, 0.05) is 22.8 Å². The van der Waals surface area contributed by atoms with Gasteiger partial charge in [-0.15, -0.1) is 0 Å². The molecule has 2 aromatic rings. The van der Waals surface area contributed by atoms with Crippen LogP contribution in [0.4, 0.5) is 0 Å². The van der Waals surface area contributed by atoms with E-state index in [0.29, 0.717) is 17.2 Å². The van der Waals surface area contributed by atoms with Crippen molar-refractivity contribution in [1.29, 1.82) is 0 Å². The van der Waals surface area contributed by atoms with E-state index in [4.69, 9.17) is 4.74 Å². The number of rotatable bonds is 4. The lowest BCUT2D eigenvalue weighted by molar-refractivity contribution is 0.0917. The highest BCUT2D eigenvalue weighted by atomic mass is 79.9. The first-order chi connectivity index (χ1) is 11.6. The van der Waals surface area contributed by atoms with Crippen LogP contribution in [0.1, 0.15) is 30.1 Å². The van der Waals surface area contributed by atoms with Crippen molar-refractivity contribution in [3.05, 3.63) is 52.6 Å². The summed E-state index contributed by atoms with van der Waals surface area (Å²) < 4.78 is 6.76. The van der Waals surface area contributed by atoms with Gasteiger partial charge in [0.25, 0.3) is 5.91 Å². The molecule has 2 N–H and O–H groups in total. The molecule has 1 amide bonds.